The second-order valence-electron chi connectivity index (χ2n) is 5.81. The molecule has 1 aliphatic heterocycles. The van der Waals surface area contributed by atoms with Gasteiger partial charge >= 0.3 is 0 Å². The first-order valence-corrected chi connectivity index (χ1v) is 5.78. The third kappa shape index (κ3) is 3.24. The number of rotatable bonds is 2. The third-order valence-corrected chi connectivity index (χ3v) is 3.19. The van der Waals surface area contributed by atoms with E-state index in [-0.39, 0.29) is 18.4 Å². The van der Waals surface area contributed by atoms with E-state index in [0.29, 0.717) is 12.8 Å². The van der Waals surface area contributed by atoms with Crippen LogP contribution in [0.5, 0.6) is 0 Å². The van der Waals surface area contributed by atoms with Crippen LogP contribution in [0, 0.1) is 11.3 Å². The summed E-state index contributed by atoms with van der Waals surface area (Å²) in [6, 6.07) is -0.251. The van der Waals surface area contributed by atoms with Crippen molar-refractivity contribution in [3.63, 3.8) is 0 Å². The molecule has 1 aliphatic rings. The molecular formula is C12H21F2NO. The van der Waals surface area contributed by atoms with Crippen molar-refractivity contribution < 1.29 is 13.6 Å². The number of carbonyl (C=O) groups excluding carboxylic acids is 1. The highest BCUT2D eigenvalue weighted by molar-refractivity contribution is 5.88. The number of hydrogen-bond donors (Lipinski definition) is 1. The Hall–Kier alpha value is -0.510. The van der Waals surface area contributed by atoms with Crippen LogP contribution in [0.25, 0.3) is 0 Å². The number of carbonyl (C=O) groups is 1. The average Bonchev–Trinajstić information content (AvgIpc) is 2.14. The summed E-state index contributed by atoms with van der Waals surface area (Å²) >= 11 is 0. The topological polar surface area (TPSA) is 29.1 Å². The van der Waals surface area contributed by atoms with Crippen LogP contribution in [-0.2, 0) is 4.79 Å². The molecule has 0 aliphatic carbocycles. The van der Waals surface area contributed by atoms with Gasteiger partial charge in [0.15, 0.2) is 5.78 Å². The van der Waals surface area contributed by atoms with E-state index in [0.717, 1.165) is 6.92 Å². The zero-order valence-corrected chi connectivity index (χ0v) is 10.4. The molecule has 1 fully saturated rings. The van der Waals surface area contributed by atoms with Gasteiger partial charge in [0.1, 0.15) is 0 Å². The number of halogens is 2. The maximum atomic E-state index is 13.0. The summed E-state index contributed by atoms with van der Waals surface area (Å²) in [5.74, 6) is -3.18. The van der Waals surface area contributed by atoms with Crippen molar-refractivity contribution in [2.75, 3.05) is 6.54 Å². The van der Waals surface area contributed by atoms with Crippen LogP contribution in [-0.4, -0.2) is 24.3 Å². The fourth-order valence-electron chi connectivity index (χ4n) is 2.04. The van der Waals surface area contributed by atoms with E-state index in [2.05, 4.69) is 5.32 Å². The van der Waals surface area contributed by atoms with E-state index in [4.69, 9.17) is 0 Å². The van der Waals surface area contributed by atoms with E-state index >= 15 is 0 Å². The number of Topliss-reactive ketones (excluding diaryl/α,β-unsaturated/α-hetero) is 1. The first kappa shape index (κ1) is 13.6. The molecule has 1 saturated heterocycles. The Morgan fingerprint density at radius 1 is 1.19 bits per heavy atom. The Balaban J connectivity index is 2.53. The predicted octanol–water partition coefficient (Wildman–Crippen LogP) is 2.63. The van der Waals surface area contributed by atoms with Gasteiger partial charge in [0.05, 0.1) is 6.04 Å². The van der Waals surface area contributed by atoms with Gasteiger partial charge in [-0.3, -0.25) is 4.79 Å². The molecule has 4 heteroatoms. The van der Waals surface area contributed by atoms with Crippen molar-refractivity contribution in [3.8, 4) is 0 Å². The second kappa shape index (κ2) is 4.40. The highest BCUT2D eigenvalue weighted by Crippen LogP contribution is 2.31. The fourth-order valence-corrected chi connectivity index (χ4v) is 2.04. The van der Waals surface area contributed by atoms with Crippen LogP contribution in [0.3, 0.4) is 0 Å². The van der Waals surface area contributed by atoms with E-state index in [1.165, 1.54) is 0 Å². The Bertz CT molecular complexity index is 257. The lowest BCUT2D eigenvalue weighted by Crippen LogP contribution is -2.50. The van der Waals surface area contributed by atoms with Crippen LogP contribution in [0.15, 0.2) is 0 Å². The number of ketones is 1. The molecule has 16 heavy (non-hydrogen) atoms. The SMILES string of the molecule is CC(C)(C)C(=O)C1CCC(C(C)(F)F)CN1. The van der Waals surface area contributed by atoms with Crippen LogP contribution in [0.2, 0.25) is 0 Å². The highest BCUT2D eigenvalue weighted by atomic mass is 19.3. The van der Waals surface area contributed by atoms with E-state index in [1.807, 2.05) is 20.8 Å². The van der Waals surface area contributed by atoms with Crippen molar-refractivity contribution >= 4 is 5.78 Å². The summed E-state index contributed by atoms with van der Waals surface area (Å²) in [5, 5.41) is 2.95. The van der Waals surface area contributed by atoms with Crippen molar-refractivity contribution in [2.45, 2.75) is 52.5 Å². The van der Waals surface area contributed by atoms with Gasteiger partial charge in [0.2, 0.25) is 5.92 Å². The van der Waals surface area contributed by atoms with Gasteiger partial charge < -0.3 is 5.32 Å². The molecular weight excluding hydrogens is 212 g/mol. The van der Waals surface area contributed by atoms with Crippen molar-refractivity contribution in [3.05, 3.63) is 0 Å². The fraction of sp³-hybridized carbons (Fsp3) is 0.917. The average molecular weight is 233 g/mol. The third-order valence-electron chi connectivity index (χ3n) is 3.19. The maximum Gasteiger partial charge on any atom is 0.249 e. The lowest BCUT2D eigenvalue weighted by Gasteiger charge is -2.34. The first-order valence-electron chi connectivity index (χ1n) is 5.78. The van der Waals surface area contributed by atoms with Gasteiger partial charge in [-0.25, -0.2) is 8.78 Å². The van der Waals surface area contributed by atoms with E-state index < -0.39 is 17.3 Å². The Kier molecular flexibility index (Phi) is 3.72. The molecule has 1 rings (SSSR count). The van der Waals surface area contributed by atoms with Crippen molar-refractivity contribution in [1.29, 1.82) is 0 Å². The summed E-state index contributed by atoms with van der Waals surface area (Å²) in [4.78, 5) is 11.9. The normalized spacial score (nSPS) is 27.9. The maximum absolute atomic E-state index is 13.0. The molecule has 2 unspecified atom stereocenters. The number of piperidine rings is 1. The lowest BCUT2D eigenvalue weighted by atomic mass is 9.81. The molecule has 0 amide bonds. The van der Waals surface area contributed by atoms with Crippen LogP contribution in [0.1, 0.15) is 40.5 Å². The summed E-state index contributed by atoms with van der Waals surface area (Å²) < 4.78 is 26.1. The molecule has 1 heterocycles. The van der Waals surface area contributed by atoms with Gasteiger partial charge in [-0.2, -0.15) is 0 Å². The monoisotopic (exact) mass is 233 g/mol. The molecule has 0 aromatic carbocycles. The van der Waals surface area contributed by atoms with Crippen LogP contribution < -0.4 is 5.32 Å². The molecule has 0 aromatic heterocycles. The van der Waals surface area contributed by atoms with Gasteiger partial charge in [-0.1, -0.05) is 20.8 Å². The summed E-state index contributed by atoms with van der Waals surface area (Å²) in [6.07, 6.45) is 0.938. The zero-order valence-electron chi connectivity index (χ0n) is 10.4. The number of hydrogen-bond acceptors (Lipinski definition) is 2. The molecule has 0 radical (unpaired) electrons. The Morgan fingerprint density at radius 3 is 2.06 bits per heavy atom. The van der Waals surface area contributed by atoms with Crippen molar-refractivity contribution in [2.24, 2.45) is 11.3 Å². The van der Waals surface area contributed by atoms with Crippen LogP contribution in [0.4, 0.5) is 8.78 Å². The molecule has 0 bridgehead atoms. The predicted molar refractivity (Wildman–Crippen MR) is 59.6 cm³/mol. The molecule has 0 spiro atoms. The molecule has 2 atom stereocenters. The summed E-state index contributed by atoms with van der Waals surface area (Å²) in [5.41, 5.74) is -0.404. The highest BCUT2D eigenvalue weighted by Gasteiger charge is 2.39. The largest absolute Gasteiger partial charge is 0.307 e. The van der Waals surface area contributed by atoms with E-state index in [1.54, 1.807) is 0 Å². The smallest absolute Gasteiger partial charge is 0.249 e. The first-order chi connectivity index (χ1) is 7.12. The summed E-state index contributed by atoms with van der Waals surface area (Å²) in [6.45, 7) is 6.76. The quantitative estimate of drug-likeness (QED) is 0.794. The summed E-state index contributed by atoms with van der Waals surface area (Å²) in [7, 11) is 0. The molecule has 0 saturated carbocycles. The number of alkyl halides is 2. The van der Waals surface area contributed by atoms with Gasteiger partial charge in [0.25, 0.3) is 0 Å². The Morgan fingerprint density at radius 2 is 1.75 bits per heavy atom. The minimum atomic E-state index is -2.65. The van der Waals surface area contributed by atoms with Crippen LogP contribution >= 0.6 is 0 Å². The molecule has 94 valence electrons. The lowest BCUT2D eigenvalue weighted by molar-refractivity contribution is -0.130. The van der Waals surface area contributed by atoms with Gasteiger partial charge in [-0.15, -0.1) is 0 Å². The standard InChI is InChI=1S/C12H21F2NO/c1-11(2,3)10(16)9-6-5-8(7-15-9)12(4,13)14/h8-9,15H,5-7H2,1-4H3. The minimum absolute atomic E-state index is 0.116. The zero-order chi connectivity index (χ0) is 12.6. The number of nitrogens with one attached hydrogen (secondary N) is 1. The molecule has 0 aromatic rings. The Labute approximate surface area is 95.8 Å². The van der Waals surface area contributed by atoms with Crippen molar-refractivity contribution in [1.82, 2.24) is 5.32 Å². The minimum Gasteiger partial charge on any atom is -0.307 e. The molecule has 1 N–H and O–H groups in total. The van der Waals surface area contributed by atoms with E-state index in [9.17, 15) is 13.6 Å². The molecule has 2 nitrogen and oxygen atoms in total. The second-order valence-corrected chi connectivity index (χ2v) is 5.81. The van der Waals surface area contributed by atoms with Gasteiger partial charge in [0, 0.05) is 17.9 Å². The van der Waals surface area contributed by atoms with Gasteiger partial charge in [-0.05, 0) is 19.8 Å².